The third kappa shape index (κ3) is 4.16. The molecular weight excluding hydrogens is 387 g/mol. The highest BCUT2D eigenvalue weighted by molar-refractivity contribution is 8.00. The first-order valence-corrected chi connectivity index (χ1v) is 9.72. The fourth-order valence-electron chi connectivity index (χ4n) is 2.75. The largest absolute Gasteiger partial charge is 0.323 e. The second-order valence-corrected chi connectivity index (χ2v) is 8.17. The van der Waals surface area contributed by atoms with E-state index in [1.165, 1.54) is 11.8 Å². The molecule has 148 valence electrons. The van der Waals surface area contributed by atoms with Crippen LogP contribution in [-0.4, -0.2) is 20.7 Å². The van der Waals surface area contributed by atoms with Crippen LogP contribution in [0.4, 0.5) is 18.9 Å². The number of fused-ring (bicyclic) bond motifs is 1. The molecule has 0 saturated heterocycles. The molecule has 3 rings (SSSR count). The number of imidazole rings is 1. The van der Waals surface area contributed by atoms with Crippen LogP contribution in [-0.2, 0) is 11.3 Å². The highest BCUT2D eigenvalue weighted by Crippen LogP contribution is 2.29. The van der Waals surface area contributed by atoms with Gasteiger partial charge in [-0.15, -0.1) is 0 Å². The number of thioether (sulfide) groups is 1. The van der Waals surface area contributed by atoms with Gasteiger partial charge in [-0.05, 0) is 37.1 Å². The van der Waals surface area contributed by atoms with E-state index in [0.717, 1.165) is 29.7 Å². The van der Waals surface area contributed by atoms with E-state index in [-0.39, 0.29) is 0 Å². The quantitative estimate of drug-likeness (QED) is 0.450. The first kappa shape index (κ1) is 20.3. The number of para-hydroxylation sites is 2. The zero-order valence-corrected chi connectivity index (χ0v) is 16.5. The summed E-state index contributed by atoms with van der Waals surface area (Å²) >= 11 is 1.23. The second kappa shape index (κ2) is 8.26. The maximum Gasteiger partial charge on any atom is 0.237 e. The molecule has 1 atom stereocenters. The first-order valence-electron chi connectivity index (χ1n) is 8.84. The monoisotopic (exact) mass is 407 g/mol. The van der Waals surface area contributed by atoms with Crippen LogP contribution in [0.25, 0.3) is 11.0 Å². The standard InChI is InChI=1S/C20H20F3N3OS/c1-11(2)10-26-16-7-5-4-6-14(16)25-20(26)28-12(3)19(27)24-15-9-8-13(21)17(22)18(15)23/h4-9,11-12H,10H2,1-3H3,(H,24,27)/t12-/m1/s1. The van der Waals surface area contributed by atoms with Gasteiger partial charge in [0.2, 0.25) is 5.91 Å². The van der Waals surface area contributed by atoms with Gasteiger partial charge < -0.3 is 9.88 Å². The Morgan fingerprint density at radius 2 is 1.82 bits per heavy atom. The minimum absolute atomic E-state index is 0.373. The van der Waals surface area contributed by atoms with E-state index in [1.54, 1.807) is 6.92 Å². The van der Waals surface area contributed by atoms with Crippen molar-refractivity contribution in [3.63, 3.8) is 0 Å². The molecule has 1 amide bonds. The van der Waals surface area contributed by atoms with Gasteiger partial charge in [0.25, 0.3) is 0 Å². The molecule has 0 aliphatic rings. The molecule has 0 spiro atoms. The molecular formula is C20H20F3N3OS. The molecule has 1 heterocycles. The average molecular weight is 407 g/mol. The fourth-order valence-corrected chi connectivity index (χ4v) is 3.69. The number of halogens is 3. The van der Waals surface area contributed by atoms with Crippen molar-refractivity contribution >= 4 is 34.4 Å². The molecule has 28 heavy (non-hydrogen) atoms. The molecule has 0 aliphatic heterocycles. The molecule has 0 unspecified atom stereocenters. The van der Waals surface area contributed by atoms with Crippen molar-refractivity contribution in [1.82, 2.24) is 9.55 Å². The Morgan fingerprint density at radius 3 is 2.54 bits per heavy atom. The van der Waals surface area contributed by atoms with Crippen molar-refractivity contribution in [2.45, 2.75) is 37.7 Å². The molecule has 0 bridgehead atoms. The number of carbonyl (C=O) groups is 1. The highest BCUT2D eigenvalue weighted by Gasteiger charge is 2.22. The number of nitrogens with zero attached hydrogens (tertiary/aromatic N) is 2. The van der Waals surface area contributed by atoms with Gasteiger partial charge in [0.15, 0.2) is 22.6 Å². The Morgan fingerprint density at radius 1 is 1.11 bits per heavy atom. The summed E-state index contributed by atoms with van der Waals surface area (Å²) in [6, 6.07) is 9.46. The molecule has 0 aliphatic carbocycles. The summed E-state index contributed by atoms with van der Waals surface area (Å²) in [7, 11) is 0. The van der Waals surface area contributed by atoms with Gasteiger partial charge in [-0.2, -0.15) is 0 Å². The normalized spacial score (nSPS) is 12.5. The molecule has 1 N–H and O–H groups in total. The minimum Gasteiger partial charge on any atom is -0.323 e. The molecule has 1 aromatic heterocycles. The number of nitrogens with one attached hydrogen (secondary N) is 1. The van der Waals surface area contributed by atoms with Crippen LogP contribution in [0.1, 0.15) is 20.8 Å². The number of aromatic nitrogens is 2. The predicted octanol–water partition coefficient (Wildman–Crippen LogP) is 5.23. The molecule has 4 nitrogen and oxygen atoms in total. The number of rotatable bonds is 6. The molecule has 8 heteroatoms. The predicted molar refractivity (Wildman–Crippen MR) is 105 cm³/mol. The lowest BCUT2D eigenvalue weighted by atomic mass is 10.2. The van der Waals surface area contributed by atoms with Crippen molar-refractivity contribution in [2.24, 2.45) is 5.92 Å². The van der Waals surface area contributed by atoms with E-state index < -0.39 is 34.3 Å². The highest BCUT2D eigenvalue weighted by atomic mass is 32.2. The second-order valence-electron chi connectivity index (χ2n) is 6.86. The Bertz CT molecular complexity index is 1020. The maximum absolute atomic E-state index is 13.8. The number of carbonyl (C=O) groups excluding carboxylic acids is 1. The number of hydrogen-bond donors (Lipinski definition) is 1. The maximum atomic E-state index is 13.8. The van der Waals surface area contributed by atoms with Crippen LogP contribution in [0.15, 0.2) is 41.6 Å². The van der Waals surface area contributed by atoms with Gasteiger partial charge in [0, 0.05) is 6.54 Å². The summed E-state index contributed by atoms with van der Waals surface area (Å²) in [5, 5.41) is 2.35. The molecule has 3 aromatic rings. The Labute approximate surface area is 165 Å². The van der Waals surface area contributed by atoms with Gasteiger partial charge in [-0.25, -0.2) is 18.2 Å². The van der Waals surface area contributed by atoms with Crippen LogP contribution in [0.5, 0.6) is 0 Å². The van der Waals surface area contributed by atoms with Gasteiger partial charge in [0.05, 0.1) is 22.0 Å². The van der Waals surface area contributed by atoms with Crippen LogP contribution in [0, 0.1) is 23.4 Å². The lowest BCUT2D eigenvalue weighted by Gasteiger charge is -2.15. The minimum atomic E-state index is -1.61. The molecule has 0 radical (unpaired) electrons. The summed E-state index contributed by atoms with van der Waals surface area (Å²) in [4.78, 5) is 17.1. The first-order chi connectivity index (χ1) is 13.3. The zero-order chi connectivity index (χ0) is 20.4. The smallest absolute Gasteiger partial charge is 0.237 e. The van der Waals surface area contributed by atoms with E-state index in [1.807, 2.05) is 28.8 Å². The lowest BCUT2D eigenvalue weighted by molar-refractivity contribution is -0.115. The zero-order valence-electron chi connectivity index (χ0n) is 15.7. The van der Waals surface area contributed by atoms with Crippen molar-refractivity contribution in [1.29, 1.82) is 0 Å². The molecule has 0 fully saturated rings. The van der Waals surface area contributed by atoms with Gasteiger partial charge >= 0.3 is 0 Å². The number of hydrogen-bond acceptors (Lipinski definition) is 3. The van der Waals surface area contributed by atoms with Crippen molar-refractivity contribution in [2.75, 3.05) is 5.32 Å². The van der Waals surface area contributed by atoms with Crippen molar-refractivity contribution < 1.29 is 18.0 Å². The van der Waals surface area contributed by atoms with E-state index in [0.29, 0.717) is 11.1 Å². The van der Waals surface area contributed by atoms with Gasteiger partial charge in [0.1, 0.15) is 0 Å². The van der Waals surface area contributed by atoms with E-state index >= 15 is 0 Å². The SMILES string of the molecule is CC(C)Cn1c(S[C@H](C)C(=O)Nc2ccc(F)c(F)c2F)nc2ccccc21. The van der Waals surface area contributed by atoms with E-state index in [4.69, 9.17) is 0 Å². The number of amides is 1. The average Bonchev–Trinajstić information content (AvgIpc) is 2.99. The molecule has 0 saturated carbocycles. The van der Waals surface area contributed by atoms with E-state index in [9.17, 15) is 18.0 Å². The summed E-state index contributed by atoms with van der Waals surface area (Å²) in [6.07, 6.45) is 0. The summed E-state index contributed by atoms with van der Waals surface area (Å²) in [5.74, 6) is -4.50. The fraction of sp³-hybridized carbons (Fsp3) is 0.300. The summed E-state index contributed by atoms with van der Waals surface area (Å²) < 4.78 is 42.3. The van der Waals surface area contributed by atoms with Crippen LogP contribution < -0.4 is 5.32 Å². The number of benzene rings is 2. The van der Waals surface area contributed by atoms with E-state index in [2.05, 4.69) is 24.1 Å². The van der Waals surface area contributed by atoms with Crippen LogP contribution in [0.3, 0.4) is 0 Å². The van der Waals surface area contributed by atoms with Crippen LogP contribution >= 0.6 is 11.8 Å². The summed E-state index contributed by atoms with van der Waals surface area (Å²) in [6.45, 7) is 6.56. The van der Waals surface area contributed by atoms with Crippen molar-refractivity contribution in [3.05, 3.63) is 53.8 Å². The van der Waals surface area contributed by atoms with Gasteiger partial charge in [-0.3, -0.25) is 4.79 Å². The van der Waals surface area contributed by atoms with Crippen molar-refractivity contribution in [3.8, 4) is 0 Å². The van der Waals surface area contributed by atoms with Crippen LogP contribution in [0.2, 0.25) is 0 Å². The Hall–Kier alpha value is -2.48. The Kier molecular flexibility index (Phi) is 5.98. The topological polar surface area (TPSA) is 46.9 Å². The Balaban J connectivity index is 1.82. The third-order valence-corrected chi connectivity index (χ3v) is 5.20. The molecule has 2 aromatic carbocycles. The summed E-state index contributed by atoms with van der Waals surface area (Å²) in [5.41, 5.74) is 1.40. The third-order valence-electron chi connectivity index (χ3n) is 4.11. The lowest BCUT2D eigenvalue weighted by Crippen LogP contribution is -2.24. The number of anilines is 1. The van der Waals surface area contributed by atoms with Gasteiger partial charge in [-0.1, -0.05) is 37.7 Å².